The molecule has 0 aromatic carbocycles. The lowest BCUT2D eigenvalue weighted by Gasteiger charge is -2.29. The third kappa shape index (κ3) is 48.8. The number of nitrogens with one attached hydrogen (secondary N) is 1. The molecule has 376 valence electrons. The van der Waals surface area contributed by atoms with E-state index >= 15 is 0 Å². The molecule has 0 bridgehead atoms. The largest absolute Gasteiger partial charge is 0.756 e. The second-order valence-electron chi connectivity index (χ2n) is 18.1. The van der Waals surface area contributed by atoms with E-state index in [9.17, 15) is 19.4 Å². The minimum atomic E-state index is -4.57. The Morgan fingerprint density at radius 3 is 1.32 bits per heavy atom. The third-order valence-electron chi connectivity index (χ3n) is 10.7. The fraction of sp³-hybridized carbons (Fsp3) is 0.632. The molecule has 0 aliphatic carbocycles. The molecule has 0 saturated heterocycles. The first-order valence-corrected chi connectivity index (χ1v) is 27.4. The zero-order chi connectivity index (χ0) is 48.5. The maximum absolute atomic E-state index is 12.7. The molecule has 0 fully saturated rings. The maximum Gasteiger partial charge on any atom is 0.268 e. The van der Waals surface area contributed by atoms with Crippen molar-refractivity contribution in [2.24, 2.45) is 0 Å². The summed E-state index contributed by atoms with van der Waals surface area (Å²) in [4.78, 5) is 25.0. The number of aliphatic hydroxyl groups is 1. The summed E-state index contributed by atoms with van der Waals surface area (Å²) in [5.41, 5.74) is 0. The van der Waals surface area contributed by atoms with Crippen LogP contribution in [-0.2, 0) is 18.4 Å². The van der Waals surface area contributed by atoms with Gasteiger partial charge >= 0.3 is 0 Å². The van der Waals surface area contributed by atoms with Crippen LogP contribution in [0.4, 0.5) is 0 Å². The summed E-state index contributed by atoms with van der Waals surface area (Å²) >= 11 is 0. The number of phosphoric ester groups is 1. The van der Waals surface area contributed by atoms with Gasteiger partial charge in [-0.05, 0) is 83.5 Å². The van der Waals surface area contributed by atoms with E-state index in [2.05, 4.69) is 122 Å². The number of nitrogens with zero attached hydrogens (tertiary/aromatic N) is 1. The number of unbranched alkanes of at least 4 members (excludes halogenated alkanes) is 14. The van der Waals surface area contributed by atoms with Crippen molar-refractivity contribution < 1.29 is 32.9 Å². The van der Waals surface area contributed by atoms with Crippen LogP contribution in [0.1, 0.15) is 181 Å². The van der Waals surface area contributed by atoms with Gasteiger partial charge in [-0.15, -0.1) is 0 Å². The first-order chi connectivity index (χ1) is 32.0. The fourth-order valence-electron chi connectivity index (χ4n) is 6.62. The summed E-state index contributed by atoms with van der Waals surface area (Å²) in [7, 11) is 1.24. The molecule has 0 rings (SSSR count). The fourth-order valence-corrected chi connectivity index (χ4v) is 7.34. The molecule has 0 aromatic rings. The lowest BCUT2D eigenvalue weighted by molar-refractivity contribution is -0.870. The predicted octanol–water partition coefficient (Wildman–Crippen LogP) is 14.8. The first kappa shape index (κ1) is 62.9. The van der Waals surface area contributed by atoms with Crippen LogP contribution in [0.2, 0.25) is 0 Å². The van der Waals surface area contributed by atoms with Crippen molar-refractivity contribution in [3.8, 4) is 0 Å². The Morgan fingerprint density at radius 2 is 0.924 bits per heavy atom. The smallest absolute Gasteiger partial charge is 0.268 e. The molecule has 0 aliphatic rings. The molecule has 0 heterocycles. The Bertz CT molecular complexity index is 1480. The van der Waals surface area contributed by atoms with Crippen molar-refractivity contribution >= 4 is 13.7 Å². The van der Waals surface area contributed by atoms with E-state index in [0.717, 1.165) is 89.9 Å². The first-order valence-electron chi connectivity index (χ1n) is 25.9. The number of aliphatic hydroxyl groups excluding tert-OH is 1. The molecule has 9 heteroatoms. The number of carbonyl (C=O) groups excluding carboxylic acids is 1. The van der Waals surface area contributed by atoms with E-state index in [-0.39, 0.29) is 12.5 Å². The molecule has 1 amide bonds. The second-order valence-corrected chi connectivity index (χ2v) is 19.6. The van der Waals surface area contributed by atoms with Crippen molar-refractivity contribution in [3.63, 3.8) is 0 Å². The topological polar surface area (TPSA) is 108 Å². The van der Waals surface area contributed by atoms with Gasteiger partial charge in [0.2, 0.25) is 5.91 Å². The quantitative estimate of drug-likeness (QED) is 0.0273. The van der Waals surface area contributed by atoms with Gasteiger partial charge in [0.05, 0.1) is 39.9 Å². The number of hydrogen-bond acceptors (Lipinski definition) is 6. The summed E-state index contributed by atoms with van der Waals surface area (Å²) < 4.78 is 22.9. The molecule has 3 unspecified atom stereocenters. The number of rotatable bonds is 45. The van der Waals surface area contributed by atoms with E-state index in [1.54, 1.807) is 6.08 Å². The van der Waals surface area contributed by atoms with E-state index in [1.807, 2.05) is 34.1 Å². The Hall–Kier alpha value is -3.10. The number of amides is 1. The van der Waals surface area contributed by atoms with Gasteiger partial charge in [-0.25, -0.2) is 0 Å². The number of quaternary nitrogens is 1. The molecule has 0 radical (unpaired) electrons. The van der Waals surface area contributed by atoms with Crippen LogP contribution in [0.15, 0.2) is 122 Å². The molecule has 0 spiro atoms. The van der Waals surface area contributed by atoms with Crippen LogP contribution in [0.25, 0.3) is 0 Å². The highest BCUT2D eigenvalue weighted by Crippen LogP contribution is 2.38. The molecular weight excluding hydrogens is 840 g/mol. The van der Waals surface area contributed by atoms with Crippen LogP contribution in [0, 0.1) is 0 Å². The summed E-state index contributed by atoms with van der Waals surface area (Å²) in [6.45, 7) is 4.28. The minimum absolute atomic E-state index is 0.00775. The highest BCUT2D eigenvalue weighted by molar-refractivity contribution is 7.45. The SMILES string of the molecule is CC/C=C\C/C=C\C/C=C\C/C=C\C/C=C\C/C=C\C/C=C\C/C=C\C/C=C\CCCCCCCCCCCCCCCC(=O)NC(COP(=O)([O-])OCC[N+](C)(C)C)C(O)/C=C/CCC. The zero-order valence-corrected chi connectivity index (χ0v) is 43.5. The van der Waals surface area contributed by atoms with E-state index in [1.165, 1.54) is 70.6 Å². The Morgan fingerprint density at radius 1 is 0.545 bits per heavy atom. The van der Waals surface area contributed by atoms with Crippen molar-refractivity contribution in [2.75, 3.05) is 40.9 Å². The molecule has 2 N–H and O–H groups in total. The number of allylic oxidation sites excluding steroid dienone is 19. The van der Waals surface area contributed by atoms with Crippen LogP contribution >= 0.6 is 7.82 Å². The summed E-state index contributed by atoms with van der Waals surface area (Å²) in [6, 6.07) is -0.888. The highest BCUT2D eigenvalue weighted by Gasteiger charge is 2.23. The predicted molar refractivity (Wildman–Crippen MR) is 283 cm³/mol. The lowest BCUT2D eigenvalue weighted by atomic mass is 10.0. The van der Waals surface area contributed by atoms with Crippen LogP contribution in [0.5, 0.6) is 0 Å². The Balaban J connectivity index is 3.79. The molecule has 0 saturated carbocycles. The van der Waals surface area contributed by atoms with Crippen molar-refractivity contribution in [1.82, 2.24) is 5.32 Å². The second kappa shape index (κ2) is 47.0. The van der Waals surface area contributed by atoms with Crippen LogP contribution in [0.3, 0.4) is 0 Å². The standard InChI is InChI=1S/C57H97N2O6P/c1-6-8-10-11-12-13-14-15-16-17-18-19-20-21-22-23-24-25-26-27-28-29-30-31-32-33-34-35-36-37-38-39-40-41-42-43-44-45-46-47-49-51-57(61)58-55(56(60)50-48-9-7-2)54-65-66(62,63)64-53-52-59(3,4)5/h8,10,12-13,15-16,18-19,21-22,24-25,27-28,30-31,33-34,48,50,55-56,60H,6-7,9,11,14,17,20,23,26,29,32,35-47,49,51-54H2,1-5H3,(H-,58,61,62,63)/b10-8-,13-12-,16-15-,19-18-,22-21-,25-24-,28-27-,31-30-,34-33-,50-48+. The maximum atomic E-state index is 12.7. The van der Waals surface area contributed by atoms with Gasteiger partial charge in [-0.1, -0.05) is 212 Å². The van der Waals surface area contributed by atoms with Gasteiger partial charge in [-0.3, -0.25) is 9.36 Å². The van der Waals surface area contributed by atoms with E-state index in [0.29, 0.717) is 17.4 Å². The van der Waals surface area contributed by atoms with Crippen molar-refractivity contribution in [3.05, 3.63) is 122 Å². The van der Waals surface area contributed by atoms with E-state index in [4.69, 9.17) is 9.05 Å². The Kier molecular flexibility index (Phi) is 44.8. The monoisotopic (exact) mass is 937 g/mol. The highest BCUT2D eigenvalue weighted by atomic mass is 31.2. The summed E-state index contributed by atoms with van der Waals surface area (Å²) in [5.74, 6) is -0.217. The third-order valence-corrected chi connectivity index (χ3v) is 11.6. The molecular formula is C57H97N2O6P. The average Bonchev–Trinajstić information content (AvgIpc) is 3.27. The van der Waals surface area contributed by atoms with Gasteiger partial charge in [0, 0.05) is 6.42 Å². The number of phosphoric acid groups is 1. The normalized spacial score (nSPS) is 15.1. The molecule has 66 heavy (non-hydrogen) atoms. The van der Waals surface area contributed by atoms with Crippen molar-refractivity contribution in [2.45, 2.75) is 193 Å². The molecule has 0 aromatic heterocycles. The van der Waals surface area contributed by atoms with Crippen molar-refractivity contribution in [1.29, 1.82) is 0 Å². The molecule has 0 aliphatic heterocycles. The lowest BCUT2D eigenvalue weighted by Crippen LogP contribution is -2.45. The molecule has 8 nitrogen and oxygen atoms in total. The van der Waals surface area contributed by atoms with Crippen LogP contribution < -0.4 is 10.2 Å². The van der Waals surface area contributed by atoms with Crippen LogP contribution in [-0.4, -0.2) is 68.5 Å². The van der Waals surface area contributed by atoms with Gasteiger partial charge < -0.3 is 28.8 Å². The van der Waals surface area contributed by atoms with Gasteiger partial charge in [0.25, 0.3) is 7.82 Å². The van der Waals surface area contributed by atoms with Gasteiger partial charge in [0.15, 0.2) is 0 Å². The van der Waals surface area contributed by atoms with Gasteiger partial charge in [-0.2, -0.15) is 0 Å². The zero-order valence-electron chi connectivity index (χ0n) is 42.6. The minimum Gasteiger partial charge on any atom is -0.756 e. The number of likely N-dealkylation sites (N-methyl/N-ethyl adjacent to an activating group) is 1. The summed E-state index contributed by atoms with van der Waals surface area (Å²) in [5, 5.41) is 13.4. The average molecular weight is 937 g/mol. The summed E-state index contributed by atoms with van der Waals surface area (Å²) in [6.07, 6.45) is 70.9. The number of carbonyl (C=O) groups is 1. The molecule has 3 atom stereocenters. The van der Waals surface area contributed by atoms with Gasteiger partial charge in [0.1, 0.15) is 13.2 Å². The number of hydrogen-bond donors (Lipinski definition) is 2. The Labute approximate surface area is 405 Å². The van der Waals surface area contributed by atoms with E-state index < -0.39 is 26.6 Å².